The van der Waals surface area contributed by atoms with E-state index in [4.69, 9.17) is 0 Å². The fourth-order valence-corrected chi connectivity index (χ4v) is 3.35. The smallest absolute Gasteiger partial charge is 0.0510 e. The van der Waals surface area contributed by atoms with Crippen molar-refractivity contribution < 1.29 is 0 Å². The summed E-state index contributed by atoms with van der Waals surface area (Å²) in [5.41, 5.74) is 2.65. The van der Waals surface area contributed by atoms with E-state index in [0.29, 0.717) is 12.1 Å². The van der Waals surface area contributed by atoms with Crippen molar-refractivity contribution in [3.8, 4) is 0 Å². The fourth-order valence-electron chi connectivity index (χ4n) is 2.67. The van der Waals surface area contributed by atoms with Crippen molar-refractivity contribution in [3.63, 3.8) is 0 Å². The summed E-state index contributed by atoms with van der Waals surface area (Å²) in [7, 11) is 2.21. The Morgan fingerprint density at radius 3 is 2.60 bits per heavy atom. The van der Waals surface area contributed by atoms with Crippen LogP contribution in [-0.4, -0.2) is 19.6 Å². The molecule has 0 bridgehead atoms. The number of nitrogens with zero attached hydrogens (tertiary/aromatic N) is 1. The van der Waals surface area contributed by atoms with E-state index in [1.165, 1.54) is 35.0 Å². The van der Waals surface area contributed by atoms with Gasteiger partial charge in [-0.05, 0) is 79.2 Å². The summed E-state index contributed by atoms with van der Waals surface area (Å²) in [5.74, 6) is 0.886. The van der Waals surface area contributed by atoms with Gasteiger partial charge in [0.25, 0.3) is 0 Å². The minimum absolute atomic E-state index is 0.409. The molecule has 3 heteroatoms. The molecule has 0 spiro atoms. The Labute approximate surface area is 132 Å². The molecule has 0 heterocycles. The molecule has 1 aromatic carbocycles. The first kappa shape index (κ1) is 15.8. The van der Waals surface area contributed by atoms with Crippen LogP contribution in [0.2, 0.25) is 0 Å². The first-order chi connectivity index (χ1) is 9.54. The number of benzene rings is 1. The molecule has 1 aromatic rings. The number of halogens is 1. The van der Waals surface area contributed by atoms with Crippen LogP contribution in [0.1, 0.15) is 51.6 Å². The summed E-state index contributed by atoms with van der Waals surface area (Å²) in [6, 6.07) is 7.81. The molecule has 2 atom stereocenters. The van der Waals surface area contributed by atoms with E-state index in [1.807, 2.05) is 0 Å². The topological polar surface area (TPSA) is 15.3 Å². The maximum absolute atomic E-state index is 3.75. The average molecular weight is 339 g/mol. The zero-order valence-electron chi connectivity index (χ0n) is 13.1. The van der Waals surface area contributed by atoms with Crippen molar-refractivity contribution in [1.82, 2.24) is 5.32 Å². The number of rotatable bonds is 7. The van der Waals surface area contributed by atoms with E-state index in [1.54, 1.807) is 0 Å². The third-order valence-corrected chi connectivity index (χ3v) is 5.10. The zero-order chi connectivity index (χ0) is 14.7. The lowest BCUT2D eigenvalue weighted by atomic mass is 10.1. The Morgan fingerprint density at radius 1 is 1.35 bits per heavy atom. The molecule has 2 nitrogen and oxygen atoms in total. The summed E-state index contributed by atoms with van der Waals surface area (Å²) in [5, 5.41) is 3.54. The Kier molecular flexibility index (Phi) is 5.50. The van der Waals surface area contributed by atoms with Crippen LogP contribution >= 0.6 is 15.9 Å². The minimum Gasteiger partial charge on any atom is -0.371 e. The number of anilines is 1. The molecule has 112 valence electrons. The Morgan fingerprint density at radius 2 is 2.05 bits per heavy atom. The summed E-state index contributed by atoms with van der Waals surface area (Å²) in [4.78, 5) is 2.41. The summed E-state index contributed by atoms with van der Waals surface area (Å²) >= 11 is 3.75. The predicted molar refractivity (Wildman–Crippen MR) is 91.4 cm³/mol. The van der Waals surface area contributed by atoms with Crippen molar-refractivity contribution in [3.05, 3.63) is 28.2 Å². The van der Waals surface area contributed by atoms with Gasteiger partial charge in [0.2, 0.25) is 0 Å². The molecular weight excluding hydrogens is 312 g/mol. The summed E-state index contributed by atoms with van der Waals surface area (Å²) < 4.78 is 1.20. The highest BCUT2D eigenvalue weighted by molar-refractivity contribution is 9.10. The van der Waals surface area contributed by atoms with Crippen molar-refractivity contribution in [2.75, 3.05) is 18.5 Å². The van der Waals surface area contributed by atoms with E-state index in [0.717, 1.165) is 12.5 Å². The highest BCUT2D eigenvalue weighted by Crippen LogP contribution is 2.38. The maximum atomic E-state index is 3.75. The predicted octanol–water partition coefficient (Wildman–Crippen LogP) is 4.74. The minimum atomic E-state index is 0.409. The Bertz CT molecular complexity index is 443. The second-order valence-electron chi connectivity index (χ2n) is 6.08. The molecule has 0 amide bonds. The highest BCUT2D eigenvalue weighted by Gasteiger charge is 2.31. The Balaban J connectivity index is 2.08. The van der Waals surface area contributed by atoms with Gasteiger partial charge in [-0.3, -0.25) is 0 Å². The molecule has 1 N–H and O–H groups in total. The number of nitrogens with one attached hydrogen (secondary N) is 1. The van der Waals surface area contributed by atoms with Gasteiger partial charge in [0.15, 0.2) is 0 Å². The molecule has 20 heavy (non-hydrogen) atoms. The van der Waals surface area contributed by atoms with Crippen LogP contribution in [-0.2, 0) is 0 Å². The van der Waals surface area contributed by atoms with Gasteiger partial charge in [-0.2, -0.15) is 0 Å². The first-order valence-corrected chi connectivity index (χ1v) is 8.59. The normalized spacial score (nSPS) is 17.9. The van der Waals surface area contributed by atoms with Gasteiger partial charge in [-0.1, -0.05) is 13.0 Å². The first-order valence-electron chi connectivity index (χ1n) is 7.80. The number of hydrogen-bond donors (Lipinski definition) is 1. The molecular formula is C17H27BrN2. The molecule has 0 aromatic heterocycles. The second-order valence-corrected chi connectivity index (χ2v) is 6.93. The van der Waals surface area contributed by atoms with Crippen LogP contribution in [0.5, 0.6) is 0 Å². The highest BCUT2D eigenvalue weighted by atomic mass is 79.9. The molecule has 1 aliphatic carbocycles. The monoisotopic (exact) mass is 338 g/mol. The van der Waals surface area contributed by atoms with Gasteiger partial charge in [-0.25, -0.2) is 0 Å². The average Bonchev–Trinajstić information content (AvgIpc) is 3.27. The van der Waals surface area contributed by atoms with E-state index in [9.17, 15) is 0 Å². The Hall–Kier alpha value is -0.540. The lowest BCUT2D eigenvalue weighted by Crippen LogP contribution is -2.30. The van der Waals surface area contributed by atoms with E-state index >= 15 is 0 Å². The van der Waals surface area contributed by atoms with Gasteiger partial charge >= 0.3 is 0 Å². The van der Waals surface area contributed by atoms with E-state index in [-0.39, 0.29) is 0 Å². The van der Waals surface area contributed by atoms with Crippen LogP contribution in [0, 0.1) is 5.92 Å². The molecule has 1 fully saturated rings. The van der Waals surface area contributed by atoms with Crippen molar-refractivity contribution in [2.45, 2.75) is 52.1 Å². The number of hydrogen-bond acceptors (Lipinski definition) is 2. The summed E-state index contributed by atoms with van der Waals surface area (Å²) in [6.45, 7) is 7.84. The van der Waals surface area contributed by atoms with E-state index in [2.05, 4.69) is 72.2 Å². The third kappa shape index (κ3) is 3.76. The molecule has 2 unspecified atom stereocenters. The SMILES string of the molecule is CCCNC(C)c1ccc(N(C)C(C)C2CC2)c(Br)c1. The largest absolute Gasteiger partial charge is 0.371 e. The molecule has 0 radical (unpaired) electrons. The van der Waals surface area contributed by atoms with Crippen LogP contribution in [0.3, 0.4) is 0 Å². The van der Waals surface area contributed by atoms with Gasteiger partial charge in [0.1, 0.15) is 0 Å². The van der Waals surface area contributed by atoms with Crippen LogP contribution in [0.25, 0.3) is 0 Å². The lowest BCUT2D eigenvalue weighted by Gasteiger charge is -2.28. The lowest BCUT2D eigenvalue weighted by molar-refractivity contribution is 0.570. The quantitative estimate of drug-likeness (QED) is 0.772. The standard InChI is InChI=1S/C17H27BrN2/c1-5-10-19-12(2)15-8-9-17(16(18)11-15)20(4)13(3)14-6-7-14/h8-9,11-14,19H,5-7,10H2,1-4H3. The molecule has 0 saturated heterocycles. The maximum Gasteiger partial charge on any atom is 0.0510 e. The van der Waals surface area contributed by atoms with Gasteiger partial charge < -0.3 is 10.2 Å². The molecule has 0 aliphatic heterocycles. The second kappa shape index (κ2) is 6.95. The van der Waals surface area contributed by atoms with Gasteiger partial charge in [0.05, 0.1) is 5.69 Å². The van der Waals surface area contributed by atoms with Crippen molar-refractivity contribution >= 4 is 21.6 Å². The fraction of sp³-hybridized carbons (Fsp3) is 0.647. The van der Waals surface area contributed by atoms with Crippen molar-refractivity contribution in [2.24, 2.45) is 5.92 Å². The van der Waals surface area contributed by atoms with Crippen molar-refractivity contribution in [1.29, 1.82) is 0 Å². The summed E-state index contributed by atoms with van der Waals surface area (Å²) in [6.07, 6.45) is 3.95. The third-order valence-electron chi connectivity index (χ3n) is 4.47. The van der Waals surface area contributed by atoms with Crippen LogP contribution in [0.15, 0.2) is 22.7 Å². The zero-order valence-corrected chi connectivity index (χ0v) is 14.7. The molecule has 2 rings (SSSR count). The van der Waals surface area contributed by atoms with Crippen LogP contribution in [0.4, 0.5) is 5.69 Å². The van der Waals surface area contributed by atoms with Crippen LogP contribution < -0.4 is 10.2 Å². The van der Waals surface area contributed by atoms with E-state index < -0.39 is 0 Å². The van der Waals surface area contributed by atoms with Gasteiger partial charge in [0, 0.05) is 23.6 Å². The van der Waals surface area contributed by atoms with Gasteiger partial charge in [-0.15, -0.1) is 0 Å². The molecule has 1 saturated carbocycles. The molecule has 1 aliphatic rings.